The molecule has 1 fully saturated rings. The average molecular weight is 455 g/mol. The number of amides is 2. The van der Waals surface area contributed by atoms with Gasteiger partial charge >= 0.3 is 6.09 Å². The van der Waals surface area contributed by atoms with Crippen molar-refractivity contribution < 1.29 is 29.3 Å². The summed E-state index contributed by atoms with van der Waals surface area (Å²) in [6.45, 7) is 4.82. The Morgan fingerprint density at radius 1 is 1.09 bits per heavy atom. The van der Waals surface area contributed by atoms with Crippen molar-refractivity contribution in [1.82, 2.24) is 10.2 Å². The molecule has 1 atom stereocenters. The fourth-order valence-corrected chi connectivity index (χ4v) is 4.15. The minimum Gasteiger partial charge on any atom is -0.465 e. The van der Waals surface area contributed by atoms with E-state index in [-0.39, 0.29) is 24.7 Å². The number of carbonyl (C=O) groups is 2. The molecule has 0 aliphatic carbocycles. The molecule has 2 aromatic carbocycles. The summed E-state index contributed by atoms with van der Waals surface area (Å²) >= 11 is 0. The van der Waals surface area contributed by atoms with Gasteiger partial charge in [-0.05, 0) is 62.1 Å². The predicted molar refractivity (Wildman–Crippen MR) is 122 cm³/mol. The predicted octanol–water partition coefficient (Wildman–Crippen LogP) is 3.48. The third kappa shape index (κ3) is 5.29. The molecule has 176 valence electrons. The van der Waals surface area contributed by atoms with Crippen molar-refractivity contribution in [1.29, 1.82) is 0 Å². The van der Waals surface area contributed by atoms with Gasteiger partial charge in [0.25, 0.3) is 5.91 Å². The standard InChI is InChI=1S/C25H30N2O6/c1-25(2,15-28)26-22(29)17-5-3-16(4-6-17)19-7-8-21-20(13-19)14-32-23(33-21)18-9-11-27(12-10-18)24(30)31/h3-8,13,18,23,28H,9-12,14-15H2,1-2H3,(H,26,29)(H,30,31). The van der Waals surface area contributed by atoms with Crippen molar-refractivity contribution >= 4 is 12.0 Å². The highest BCUT2D eigenvalue weighted by atomic mass is 16.7. The summed E-state index contributed by atoms with van der Waals surface area (Å²) in [6.07, 6.45) is 0.208. The van der Waals surface area contributed by atoms with Gasteiger partial charge in [0.15, 0.2) is 0 Å². The molecule has 1 saturated heterocycles. The highest BCUT2D eigenvalue weighted by Crippen LogP contribution is 2.35. The van der Waals surface area contributed by atoms with Crippen molar-refractivity contribution in [2.75, 3.05) is 19.7 Å². The van der Waals surface area contributed by atoms with E-state index in [0.717, 1.165) is 35.3 Å². The molecular formula is C25H30N2O6. The molecule has 2 aliphatic heterocycles. The van der Waals surface area contributed by atoms with E-state index in [1.54, 1.807) is 26.0 Å². The minimum absolute atomic E-state index is 0.140. The fraction of sp³-hybridized carbons (Fsp3) is 0.440. The number of hydrogen-bond donors (Lipinski definition) is 3. The lowest BCUT2D eigenvalue weighted by Gasteiger charge is -2.36. The Kier molecular flexibility index (Phi) is 6.58. The molecule has 0 aromatic heterocycles. The number of hydrogen-bond acceptors (Lipinski definition) is 5. The molecular weight excluding hydrogens is 424 g/mol. The minimum atomic E-state index is -0.875. The fourth-order valence-electron chi connectivity index (χ4n) is 4.15. The van der Waals surface area contributed by atoms with E-state index < -0.39 is 11.6 Å². The number of carbonyl (C=O) groups excluding carboxylic acids is 1. The van der Waals surface area contributed by atoms with E-state index >= 15 is 0 Å². The van der Waals surface area contributed by atoms with Crippen LogP contribution in [0.2, 0.25) is 0 Å². The lowest BCUT2D eigenvalue weighted by molar-refractivity contribution is -0.148. The molecule has 3 N–H and O–H groups in total. The SMILES string of the molecule is CC(C)(CO)NC(=O)c1ccc(-c2ccc3c(c2)COC(C2CCN(C(=O)O)CC2)O3)cc1. The van der Waals surface area contributed by atoms with Crippen LogP contribution in [0, 0.1) is 5.92 Å². The first kappa shape index (κ1) is 23.1. The lowest BCUT2D eigenvalue weighted by atomic mass is 9.95. The Bertz CT molecular complexity index is 1010. The smallest absolute Gasteiger partial charge is 0.407 e. The van der Waals surface area contributed by atoms with E-state index in [1.807, 2.05) is 30.3 Å². The largest absolute Gasteiger partial charge is 0.465 e. The van der Waals surface area contributed by atoms with Gasteiger partial charge in [-0.25, -0.2) is 4.79 Å². The van der Waals surface area contributed by atoms with Gasteiger partial charge < -0.3 is 29.9 Å². The van der Waals surface area contributed by atoms with Crippen LogP contribution in [0.4, 0.5) is 4.79 Å². The normalized spacial score (nSPS) is 18.9. The number of aliphatic hydroxyl groups excluding tert-OH is 1. The average Bonchev–Trinajstić information content (AvgIpc) is 2.83. The van der Waals surface area contributed by atoms with Gasteiger partial charge in [-0.1, -0.05) is 18.2 Å². The molecule has 0 bridgehead atoms. The van der Waals surface area contributed by atoms with Gasteiger partial charge in [0.05, 0.1) is 18.8 Å². The zero-order valence-electron chi connectivity index (χ0n) is 18.9. The lowest BCUT2D eigenvalue weighted by Crippen LogP contribution is -2.46. The Labute approximate surface area is 193 Å². The van der Waals surface area contributed by atoms with Crippen LogP contribution >= 0.6 is 0 Å². The quantitative estimate of drug-likeness (QED) is 0.638. The second-order valence-electron chi connectivity index (χ2n) is 9.30. The number of nitrogens with zero attached hydrogens (tertiary/aromatic N) is 1. The first-order valence-corrected chi connectivity index (χ1v) is 11.2. The van der Waals surface area contributed by atoms with Crippen molar-refractivity contribution in [2.24, 2.45) is 5.92 Å². The summed E-state index contributed by atoms with van der Waals surface area (Å²) < 4.78 is 12.1. The van der Waals surface area contributed by atoms with Gasteiger partial charge in [0.2, 0.25) is 6.29 Å². The molecule has 8 nitrogen and oxygen atoms in total. The summed E-state index contributed by atoms with van der Waals surface area (Å²) in [5.74, 6) is 0.730. The van der Waals surface area contributed by atoms with Gasteiger partial charge in [0.1, 0.15) is 5.75 Å². The van der Waals surface area contributed by atoms with Gasteiger partial charge in [-0.2, -0.15) is 0 Å². The van der Waals surface area contributed by atoms with Crippen molar-refractivity contribution in [3.63, 3.8) is 0 Å². The van der Waals surface area contributed by atoms with E-state index in [9.17, 15) is 14.7 Å². The molecule has 0 saturated carbocycles. The van der Waals surface area contributed by atoms with Gasteiger partial charge in [-0.15, -0.1) is 0 Å². The number of benzene rings is 2. The van der Waals surface area contributed by atoms with Crippen LogP contribution in [-0.4, -0.2) is 58.6 Å². The van der Waals surface area contributed by atoms with Crippen LogP contribution < -0.4 is 10.1 Å². The number of piperidine rings is 1. The van der Waals surface area contributed by atoms with Gasteiger partial charge in [-0.3, -0.25) is 4.79 Å². The molecule has 2 heterocycles. The second-order valence-corrected chi connectivity index (χ2v) is 9.30. The van der Waals surface area contributed by atoms with Crippen LogP contribution in [0.1, 0.15) is 42.6 Å². The summed E-state index contributed by atoms with van der Waals surface area (Å²) in [7, 11) is 0. The number of aliphatic hydroxyl groups is 1. The second kappa shape index (κ2) is 9.41. The van der Waals surface area contributed by atoms with E-state index in [0.29, 0.717) is 25.3 Å². The highest BCUT2D eigenvalue weighted by Gasteiger charge is 2.33. The number of rotatable bonds is 5. The molecule has 1 unspecified atom stereocenters. The number of carboxylic acid groups (broad SMARTS) is 1. The van der Waals surface area contributed by atoms with Crippen LogP contribution in [0.25, 0.3) is 11.1 Å². The topological polar surface area (TPSA) is 108 Å². The monoisotopic (exact) mass is 454 g/mol. The summed E-state index contributed by atoms with van der Waals surface area (Å²) in [6, 6.07) is 13.3. The van der Waals surface area contributed by atoms with E-state index in [2.05, 4.69) is 5.32 Å². The third-order valence-corrected chi connectivity index (χ3v) is 6.23. The van der Waals surface area contributed by atoms with Crippen LogP contribution in [0.15, 0.2) is 42.5 Å². The van der Waals surface area contributed by atoms with Crippen LogP contribution in [0.3, 0.4) is 0 Å². The Hall–Kier alpha value is -3.10. The van der Waals surface area contributed by atoms with Crippen molar-refractivity contribution in [3.8, 4) is 16.9 Å². The third-order valence-electron chi connectivity index (χ3n) is 6.23. The zero-order chi connectivity index (χ0) is 23.6. The molecule has 2 aliphatic rings. The Morgan fingerprint density at radius 3 is 2.39 bits per heavy atom. The summed E-state index contributed by atoms with van der Waals surface area (Å²) in [4.78, 5) is 24.9. The molecule has 2 aromatic rings. The number of likely N-dealkylation sites (tertiary alicyclic amines) is 1. The maximum Gasteiger partial charge on any atom is 0.407 e. The zero-order valence-corrected chi connectivity index (χ0v) is 18.9. The van der Waals surface area contributed by atoms with Crippen LogP contribution in [0.5, 0.6) is 5.75 Å². The van der Waals surface area contributed by atoms with E-state index in [1.165, 1.54) is 4.90 Å². The first-order chi connectivity index (χ1) is 15.8. The van der Waals surface area contributed by atoms with Crippen molar-refractivity contribution in [3.05, 3.63) is 53.6 Å². The maximum atomic E-state index is 12.4. The number of fused-ring (bicyclic) bond motifs is 1. The van der Waals surface area contributed by atoms with Crippen molar-refractivity contribution in [2.45, 2.75) is 45.1 Å². The van der Waals surface area contributed by atoms with Crippen LogP contribution in [-0.2, 0) is 11.3 Å². The molecule has 0 spiro atoms. The number of ether oxygens (including phenoxy) is 2. The Balaban J connectivity index is 1.40. The van der Waals surface area contributed by atoms with E-state index in [4.69, 9.17) is 14.6 Å². The highest BCUT2D eigenvalue weighted by molar-refractivity contribution is 5.95. The van der Waals surface area contributed by atoms with Gasteiger partial charge in [0, 0.05) is 30.1 Å². The summed E-state index contributed by atoms with van der Waals surface area (Å²) in [5, 5.41) is 21.3. The Morgan fingerprint density at radius 2 is 1.76 bits per heavy atom. The molecule has 8 heteroatoms. The summed E-state index contributed by atoms with van der Waals surface area (Å²) in [5.41, 5.74) is 2.77. The molecule has 2 amide bonds. The first-order valence-electron chi connectivity index (χ1n) is 11.2. The molecule has 33 heavy (non-hydrogen) atoms. The molecule has 0 radical (unpaired) electrons. The molecule has 4 rings (SSSR count). The number of nitrogens with one attached hydrogen (secondary N) is 1. The maximum absolute atomic E-state index is 12.4.